The number of nitrogens with zero attached hydrogens (tertiary/aromatic N) is 7. The molecule has 136 valence electrons. The lowest BCUT2D eigenvalue weighted by Gasteiger charge is -2.02. The molecule has 4 aromatic rings. The normalized spacial score (nSPS) is 11.2. The maximum Gasteiger partial charge on any atom is 0.269 e. The Morgan fingerprint density at radius 1 is 1.15 bits per heavy atom. The quantitative estimate of drug-likeness (QED) is 0.290. The third-order valence-electron chi connectivity index (χ3n) is 3.77. The summed E-state index contributed by atoms with van der Waals surface area (Å²) in [4.78, 5) is 14.7. The van der Waals surface area contributed by atoms with E-state index < -0.39 is 4.92 Å². The number of aryl methyl sites for hydroxylation is 2. The van der Waals surface area contributed by atoms with Gasteiger partial charge in [0.15, 0.2) is 10.8 Å². The average molecular weight is 383 g/mol. The van der Waals surface area contributed by atoms with Crippen LogP contribution >= 0.6 is 11.8 Å². The standard InChI is InChI=1S/C16H13N7O3S/c1-9-7-13-18-21-16(22(13)10(2)17-9)27-8-14-19-20-15(26-14)11-3-5-12(6-4-11)23(24)25/h3-7H,8H2,1-2H3. The number of hydrogen-bond acceptors (Lipinski definition) is 9. The van der Waals surface area contributed by atoms with E-state index in [0.717, 1.165) is 17.2 Å². The number of nitro groups is 1. The van der Waals surface area contributed by atoms with Gasteiger partial charge in [-0.05, 0) is 26.0 Å². The number of rotatable bonds is 5. The molecule has 4 rings (SSSR count). The molecule has 0 radical (unpaired) electrons. The van der Waals surface area contributed by atoms with E-state index in [9.17, 15) is 10.1 Å². The first-order valence-electron chi connectivity index (χ1n) is 7.90. The Bertz CT molecular complexity index is 1140. The van der Waals surface area contributed by atoms with E-state index in [0.29, 0.717) is 28.3 Å². The minimum Gasteiger partial charge on any atom is -0.420 e. The molecule has 3 aromatic heterocycles. The van der Waals surface area contributed by atoms with Crippen molar-refractivity contribution in [3.8, 4) is 11.5 Å². The van der Waals surface area contributed by atoms with Crippen LogP contribution in [0, 0.1) is 24.0 Å². The number of hydrogen-bond donors (Lipinski definition) is 0. The Kier molecular flexibility index (Phi) is 4.28. The number of thioether (sulfide) groups is 1. The first-order chi connectivity index (χ1) is 13.0. The summed E-state index contributed by atoms with van der Waals surface area (Å²) in [6.45, 7) is 3.81. The highest BCUT2D eigenvalue weighted by Gasteiger charge is 2.14. The summed E-state index contributed by atoms with van der Waals surface area (Å²) in [6.07, 6.45) is 0. The SMILES string of the molecule is Cc1cc2nnc(SCc3nnc(-c4ccc([N+](=O)[O-])cc4)o3)n2c(C)n1. The second-order valence-corrected chi connectivity index (χ2v) is 6.66. The van der Waals surface area contributed by atoms with Crippen molar-refractivity contribution in [3.63, 3.8) is 0 Å². The van der Waals surface area contributed by atoms with Crippen molar-refractivity contribution in [1.29, 1.82) is 0 Å². The Labute approximate surface area is 156 Å². The van der Waals surface area contributed by atoms with Gasteiger partial charge in [-0.25, -0.2) is 4.98 Å². The molecule has 0 saturated carbocycles. The van der Waals surface area contributed by atoms with Gasteiger partial charge in [-0.15, -0.1) is 20.4 Å². The van der Waals surface area contributed by atoms with E-state index in [1.807, 2.05) is 24.3 Å². The van der Waals surface area contributed by atoms with Gasteiger partial charge in [0.1, 0.15) is 5.82 Å². The summed E-state index contributed by atoms with van der Waals surface area (Å²) < 4.78 is 7.51. The molecule has 10 nitrogen and oxygen atoms in total. The molecular weight excluding hydrogens is 370 g/mol. The van der Waals surface area contributed by atoms with Gasteiger partial charge < -0.3 is 4.42 Å². The third kappa shape index (κ3) is 3.36. The maximum absolute atomic E-state index is 10.7. The predicted octanol–water partition coefficient (Wildman–Crippen LogP) is 2.99. The van der Waals surface area contributed by atoms with Gasteiger partial charge in [0, 0.05) is 29.5 Å². The molecule has 0 atom stereocenters. The van der Waals surface area contributed by atoms with Gasteiger partial charge in [-0.3, -0.25) is 14.5 Å². The third-order valence-corrected chi connectivity index (χ3v) is 4.69. The fraction of sp³-hybridized carbons (Fsp3) is 0.188. The molecule has 1 aromatic carbocycles. The van der Waals surface area contributed by atoms with Crippen molar-refractivity contribution in [2.75, 3.05) is 0 Å². The lowest BCUT2D eigenvalue weighted by Crippen LogP contribution is -1.98. The summed E-state index contributed by atoms with van der Waals surface area (Å²) in [6, 6.07) is 7.81. The van der Waals surface area contributed by atoms with Gasteiger partial charge in [0.05, 0.1) is 10.7 Å². The lowest BCUT2D eigenvalue weighted by molar-refractivity contribution is -0.384. The van der Waals surface area contributed by atoms with E-state index in [-0.39, 0.29) is 5.69 Å². The molecule has 0 N–H and O–H groups in total. The average Bonchev–Trinajstić information content (AvgIpc) is 3.27. The summed E-state index contributed by atoms with van der Waals surface area (Å²) in [5, 5.41) is 27.8. The monoisotopic (exact) mass is 383 g/mol. The van der Waals surface area contributed by atoms with Crippen molar-refractivity contribution in [2.24, 2.45) is 0 Å². The number of nitro benzene ring substituents is 1. The molecule has 0 unspecified atom stereocenters. The molecule has 0 saturated heterocycles. The van der Waals surface area contributed by atoms with Crippen molar-refractivity contribution in [1.82, 2.24) is 29.8 Å². The van der Waals surface area contributed by atoms with Crippen molar-refractivity contribution >= 4 is 23.1 Å². The molecule has 0 spiro atoms. The minimum atomic E-state index is -0.457. The van der Waals surface area contributed by atoms with Crippen LogP contribution in [0.2, 0.25) is 0 Å². The Morgan fingerprint density at radius 2 is 1.93 bits per heavy atom. The molecule has 0 fully saturated rings. The van der Waals surface area contributed by atoms with E-state index in [1.165, 1.54) is 23.9 Å². The topological polar surface area (TPSA) is 125 Å². The zero-order valence-electron chi connectivity index (χ0n) is 14.4. The first kappa shape index (κ1) is 17.1. The molecule has 0 aliphatic heterocycles. The van der Waals surface area contributed by atoms with Gasteiger partial charge >= 0.3 is 0 Å². The summed E-state index contributed by atoms with van der Waals surface area (Å²) in [5.74, 6) is 1.94. The van der Waals surface area contributed by atoms with Gasteiger partial charge in [-0.1, -0.05) is 11.8 Å². The number of fused-ring (bicyclic) bond motifs is 1. The first-order valence-corrected chi connectivity index (χ1v) is 8.89. The van der Waals surface area contributed by atoms with Crippen LogP contribution in [-0.2, 0) is 5.75 Å². The van der Waals surface area contributed by atoms with Crippen molar-refractivity contribution in [2.45, 2.75) is 24.8 Å². The molecule has 3 heterocycles. The second kappa shape index (κ2) is 6.76. The summed E-state index contributed by atoms with van der Waals surface area (Å²) in [7, 11) is 0. The van der Waals surface area contributed by atoms with E-state index in [1.54, 1.807) is 12.1 Å². The van der Waals surface area contributed by atoms with Gasteiger partial charge in [0.25, 0.3) is 5.69 Å². The Hall–Kier alpha value is -3.34. The van der Waals surface area contributed by atoms with Crippen LogP contribution in [0.5, 0.6) is 0 Å². The maximum atomic E-state index is 10.7. The van der Waals surface area contributed by atoms with Crippen molar-refractivity contribution < 1.29 is 9.34 Å². The van der Waals surface area contributed by atoms with E-state index in [2.05, 4.69) is 25.4 Å². The van der Waals surface area contributed by atoms with Crippen LogP contribution in [0.15, 0.2) is 39.9 Å². The summed E-state index contributed by atoms with van der Waals surface area (Å²) >= 11 is 1.41. The molecule has 27 heavy (non-hydrogen) atoms. The van der Waals surface area contributed by atoms with Crippen LogP contribution < -0.4 is 0 Å². The molecule has 0 aliphatic rings. The van der Waals surface area contributed by atoms with Crippen LogP contribution in [0.4, 0.5) is 5.69 Å². The number of aromatic nitrogens is 6. The molecule has 0 amide bonds. The van der Waals surface area contributed by atoms with E-state index >= 15 is 0 Å². The Balaban J connectivity index is 1.51. The molecule has 11 heteroatoms. The molecular formula is C16H13N7O3S. The number of non-ortho nitro benzene ring substituents is 1. The number of benzene rings is 1. The fourth-order valence-corrected chi connectivity index (χ4v) is 3.40. The van der Waals surface area contributed by atoms with Crippen LogP contribution in [0.1, 0.15) is 17.4 Å². The van der Waals surface area contributed by atoms with Crippen LogP contribution in [0.3, 0.4) is 0 Å². The lowest BCUT2D eigenvalue weighted by atomic mass is 10.2. The highest BCUT2D eigenvalue weighted by Crippen LogP contribution is 2.25. The fourth-order valence-electron chi connectivity index (χ4n) is 2.58. The van der Waals surface area contributed by atoms with Crippen LogP contribution in [-0.4, -0.2) is 34.7 Å². The predicted molar refractivity (Wildman–Crippen MR) is 96.2 cm³/mol. The summed E-state index contributed by atoms with van der Waals surface area (Å²) in [5.41, 5.74) is 2.24. The highest BCUT2D eigenvalue weighted by atomic mass is 32.2. The highest BCUT2D eigenvalue weighted by molar-refractivity contribution is 7.98. The second-order valence-electron chi connectivity index (χ2n) is 5.71. The largest absolute Gasteiger partial charge is 0.420 e. The minimum absolute atomic E-state index is 0.00643. The van der Waals surface area contributed by atoms with Gasteiger partial charge in [-0.2, -0.15) is 0 Å². The zero-order valence-corrected chi connectivity index (χ0v) is 15.2. The van der Waals surface area contributed by atoms with Crippen molar-refractivity contribution in [3.05, 3.63) is 57.9 Å². The van der Waals surface area contributed by atoms with E-state index in [4.69, 9.17) is 4.42 Å². The smallest absolute Gasteiger partial charge is 0.269 e. The molecule has 0 bridgehead atoms. The van der Waals surface area contributed by atoms with Crippen LogP contribution in [0.25, 0.3) is 17.1 Å². The van der Waals surface area contributed by atoms with Gasteiger partial charge in [0.2, 0.25) is 11.8 Å². The molecule has 0 aliphatic carbocycles. The zero-order chi connectivity index (χ0) is 19.0. The Morgan fingerprint density at radius 3 is 2.67 bits per heavy atom.